The number of piperazine rings is 1. The van der Waals surface area contributed by atoms with E-state index in [0.717, 1.165) is 45.4 Å². The molecule has 4 nitrogen and oxygen atoms in total. The van der Waals surface area contributed by atoms with Gasteiger partial charge in [0.2, 0.25) is 0 Å². The summed E-state index contributed by atoms with van der Waals surface area (Å²) >= 11 is 0. The molecule has 1 unspecified atom stereocenters. The van der Waals surface area contributed by atoms with Gasteiger partial charge in [0.05, 0.1) is 0 Å². The minimum absolute atomic E-state index is 0.143. The van der Waals surface area contributed by atoms with E-state index >= 15 is 0 Å². The van der Waals surface area contributed by atoms with Gasteiger partial charge in [-0.2, -0.15) is 0 Å². The quantitative estimate of drug-likeness (QED) is 0.758. The number of carbonyl (C=O) groups excluding carboxylic acids is 1. The molecule has 1 heterocycles. The minimum atomic E-state index is -0.296. The first-order valence-electron chi connectivity index (χ1n) is 6.67. The van der Waals surface area contributed by atoms with Crippen LogP contribution < -0.4 is 0 Å². The lowest BCUT2D eigenvalue weighted by atomic mass is 9.97. The highest BCUT2D eigenvalue weighted by Gasteiger charge is 2.29. The van der Waals surface area contributed by atoms with Crippen molar-refractivity contribution in [3.05, 3.63) is 0 Å². The molecule has 0 spiro atoms. The van der Waals surface area contributed by atoms with Gasteiger partial charge in [0.25, 0.3) is 0 Å². The predicted octanol–water partition coefficient (Wildman–Crippen LogP) is 2.34. The summed E-state index contributed by atoms with van der Waals surface area (Å²) in [7, 11) is 2.08. The molecular weight excluding hydrogens is 216 g/mol. The summed E-state index contributed by atoms with van der Waals surface area (Å²) in [6.07, 6.45) is 2.71. The first-order valence-corrected chi connectivity index (χ1v) is 6.67. The zero-order chi connectivity index (χ0) is 12.9. The molecule has 17 heavy (non-hydrogen) atoms. The molecule has 0 N–H and O–H groups in total. The summed E-state index contributed by atoms with van der Waals surface area (Å²) in [5.74, 6) is 0. The van der Waals surface area contributed by atoms with Crippen LogP contribution in [0.5, 0.6) is 0 Å². The Morgan fingerprint density at radius 2 is 1.82 bits per heavy atom. The Balaban J connectivity index is 2.47. The van der Waals surface area contributed by atoms with E-state index in [1.165, 1.54) is 0 Å². The lowest BCUT2D eigenvalue weighted by Crippen LogP contribution is -2.49. The van der Waals surface area contributed by atoms with Gasteiger partial charge in [-0.05, 0) is 26.8 Å². The Morgan fingerprint density at radius 1 is 1.24 bits per heavy atom. The van der Waals surface area contributed by atoms with Crippen molar-refractivity contribution < 1.29 is 9.53 Å². The van der Waals surface area contributed by atoms with E-state index in [1.54, 1.807) is 0 Å². The number of hydrogen-bond donors (Lipinski definition) is 0. The Kier molecular flexibility index (Phi) is 5.25. The fourth-order valence-electron chi connectivity index (χ4n) is 2.09. The maximum absolute atomic E-state index is 12.0. The predicted molar refractivity (Wildman–Crippen MR) is 69.2 cm³/mol. The standard InChI is InChI=1S/C13H26N2O2/c1-5-7-13(3,6-2)17-12(16)15-10-8-14(4)9-11-15/h5-11H2,1-4H3. The Hall–Kier alpha value is -0.770. The monoisotopic (exact) mass is 242 g/mol. The molecule has 1 saturated heterocycles. The zero-order valence-corrected chi connectivity index (χ0v) is 11.7. The molecule has 0 radical (unpaired) electrons. The second kappa shape index (κ2) is 6.24. The highest BCUT2D eigenvalue weighted by atomic mass is 16.6. The van der Waals surface area contributed by atoms with Crippen molar-refractivity contribution in [3.8, 4) is 0 Å². The number of likely N-dealkylation sites (N-methyl/N-ethyl adjacent to an activating group) is 1. The first kappa shape index (κ1) is 14.3. The van der Waals surface area contributed by atoms with E-state index < -0.39 is 0 Å². The average molecular weight is 242 g/mol. The highest BCUT2D eigenvalue weighted by Crippen LogP contribution is 2.23. The zero-order valence-electron chi connectivity index (χ0n) is 11.7. The summed E-state index contributed by atoms with van der Waals surface area (Å²) in [6, 6.07) is 0. The number of ether oxygens (including phenoxy) is 1. The van der Waals surface area contributed by atoms with Crippen LogP contribution in [0.25, 0.3) is 0 Å². The van der Waals surface area contributed by atoms with Gasteiger partial charge in [-0.25, -0.2) is 4.79 Å². The van der Waals surface area contributed by atoms with Crippen molar-refractivity contribution in [3.63, 3.8) is 0 Å². The number of nitrogens with zero attached hydrogens (tertiary/aromatic N) is 2. The fraction of sp³-hybridized carbons (Fsp3) is 0.923. The smallest absolute Gasteiger partial charge is 0.410 e. The van der Waals surface area contributed by atoms with E-state index in [4.69, 9.17) is 4.74 Å². The van der Waals surface area contributed by atoms with Crippen LogP contribution in [-0.4, -0.2) is 54.7 Å². The maximum Gasteiger partial charge on any atom is 0.410 e. The van der Waals surface area contributed by atoms with Crippen LogP contribution in [0.15, 0.2) is 0 Å². The Morgan fingerprint density at radius 3 is 2.29 bits per heavy atom. The van der Waals surface area contributed by atoms with Crippen LogP contribution >= 0.6 is 0 Å². The molecule has 1 aliphatic rings. The molecule has 1 fully saturated rings. The normalized spacial score (nSPS) is 21.1. The summed E-state index contributed by atoms with van der Waals surface area (Å²) in [5, 5.41) is 0. The van der Waals surface area contributed by atoms with E-state index in [2.05, 4.69) is 25.8 Å². The summed E-state index contributed by atoms with van der Waals surface area (Å²) in [4.78, 5) is 16.1. The Bertz CT molecular complexity index is 250. The molecular formula is C13H26N2O2. The highest BCUT2D eigenvalue weighted by molar-refractivity contribution is 5.68. The van der Waals surface area contributed by atoms with Crippen LogP contribution in [-0.2, 0) is 4.74 Å². The second-order valence-corrected chi connectivity index (χ2v) is 5.21. The van der Waals surface area contributed by atoms with Gasteiger partial charge in [0, 0.05) is 26.2 Å². The van der Waals surface area contributed by atoms with Gasteiger partial charge in [-0.15, -0.1) is 0 Å². The molecule has 1 rings (SSSR count). The van der Waals surface area contributed by atoms with E-state index in [1.807, 2.05) is 11.8 Å². The number of carbonyl (C=O) groups is 1. The molecule has 0 aromatic rings. The van der Waals surface area contributed by atoms with Crippen molar-refractivity contribution in [2.24, 2.45) is 0 Å². The lowest BCUT2D eigenvalue weighted by molar-refractivity contribution is -0.0121. The van der Waals surface area contributed by atoms with Crippen LogP contribution in [0.1, 0.15) is 40.0 Å². The molecule has 1 atom stereocenters. The first-order chi connectivity index (χ1) is 8.00. The third-order valence-corrected chi connectivity index (χ3v) is 3.62. The van der Waals surface area contributed by atoms with Gasteiger partial charge in [-0.3, -0.25) is 0 Å². The lowest BCUT2D eigenvalue weighted by Gasteiger charge is -2.35. The van der Waals surface area contributed by atoms with Crippen molar-refractivity contribution in [2.45, 2.75) is 45.6 Å². The topological polar surface area (TPSA) is 32.8 Å². The summed E-state index contributed by atoms with van der Waals surface area (Å²) in [5.41, 5.74) is -0.296. The third kappa shape index (κ3) is 4.19. The van der Waals surface area contributed by atoms with E-state index in [0.29, 0.717) is 0 Å². The third-order valence-electron chi connectivity index (χ3n) is 3.62. The van der Waals surface area contributed by atoms with E-state index in [-0.39, 0.29) is 11.7 Å². The molecule has 100 valence electrons. The largest absolute Gasteiger partial charge is 0.443 e. The molecule has 4 heteroatoms. The van der Waals surface area contributed by atoms with Crippen LogP contribution in [0.4, 0.5) is 4.79 Å². The Labute approximate surface area is 105 Å². The average Bonchev–Trinajstić information content (AvgIpc) is 2.30. The molecule has 0 saturated carbocycles. The van der Waals surface area contributed by atoms with Crippen LogP contribution in [0.3, 0.4) is 0 Å². The van der Waals surface area contributed by atoms with Crippen molar-refractivity contribution >= 4 is 6.09 Å². The molecule has 1 aliphatic heterocycles. The SMILES string of the molecule is CCCC(C)(CC)OC(=O)N1CCN(C)CC1. The molecule has 0 aromatic heterocycles. The molecule has 1 amide bonds. The van der Waals surface area contributed by atoms with E-state index in [9.17, 15) is 4.79 Å². The molecule has 0 bridgehead atoms. The van der Waals surface area contributed by atoms with Gasteiger partial charge in [-0.1, -0.05) is 20.3 Å². The fourth-order valence-corrected chi connectivity index (χ4v) is 2.09. The number of amides is 1. The summed E-state index contributed by atoms with van der Waals surface area (Å²) in [6.45, 7) is 9.66. The van der Waals surface area contributed by atoms with Gasteiger partial charge in [0.1, 0.15) is 5.60 Å². The number of rotatable bonds is 4. The minimum Gasteiger partial charge on any atom is -0.443 e. The summed E-state index contributed by atoms with van der Waals surface area (Å²) < 4.78 is 5.67. The van der Waals surface area contributed by atoms with Crippen molar-refractivity contribution in [1.82, 2.24) is 9.80 Å². The van der Waals surface area contributed by atoms with Crippen molar-refractivity contribution in [1.29, 1.82) is 0 Å². The van der Waals surface area contributed by atoms with Crippen molar-refractivity contribution in [2.75, 3.05) is 33.2 Å². The second-order valence-electron chi connectivity index (χ2n) is 5.21. The van der Waals surface area contributed by atoms with Gasteiger partial charge in [0.15, 0.2) is 0 Å². The molecule has 0 aromatic carbocycles. The number of hydrogen-bond acceptors (Lipinski definition) is 3. The maximum atomic E-state index is 12.0. The van der Waals surface area contributed by atoms with Crippen LogP contribution in [0, 0.1) is 0 Å². The van der Waals surface area contributed by atoms with Gasteiger partial charge >= 0.3 is 6.09 Å². The van der Waals surface area contributed by atoms with Crippen LogP contribution in [0.2, 0.25) is 0 Å². The molecule has 0 aliphatic carbocycles. The van der Waals surface area contributed by atoms with Gasteiger partial charge < -0.3 is 14.5 Å².